The number of carbonyl (C=O) groups is 1. The van der Waals surface area contributed by atoms with Crippen molar-refractivity contribution in [2.45, 2.75) is 58.0 Å². The van der Waals surface area contributed by atoms with Crippen LogP contribution in [0.15, 0.2) is 0 Å². The zero-order valence-corrected chi connectivity index (χ0v) is 12.2. The summed E-state index contributed by atoms with van der Waals surface area (Å²) in [5.41, 5.74) is 0. The number of likely N-dealkylation sites (tertiary alicyclic amines) is 1. The Morgan fingerprint density at radius 3 is 2.58 bits per heavy atom. The van der Waals surface area contributed by atoms with Crippen molar-refractivity contribution in [1.82, 2.24) is 10.2 Å². The lowest BCUT2D eigenvalue weighted by molar-refractivity contribution is 0.0166. The van der Waals surface area contributed by atoms with Crippen LogP contribution in [0.5, 0.6) is 0 Å². The lowest BCUT2D eigenvalue weighted by Crippen LogP contribution is -2.39. The molecule has 0 aromatic heterocycles. The molecule has 0 aromatic rings. The van der Waals surface area contributed by atoms with E-state index in [2.05, 4.69) is 12.2 Å². The molecule has 1 atom stereocenters. The van der Waals surface area contributed by atoms with E-state index in [0.717, 1.165) is 45.5 Å². The average molecular weight is 268 g/mol. The molecule has 2 rings (SSSR count). The van der Waals surface area contributed by atoms with E-state index in [1.165, 1.54) is 25.7 Å². The summed E-state index contributed by atoms with van der Waals surface area (Å²) in [4.78, 5) is 13.8. The van der Waals surface area contributed by atoms with Crippen molar-refractivity contribution in [3.8, 4) is 0 Å². The molecule has 1 aliphatic heterocycles. The molecule has 2 amide bonds. The third-order valence-electron chi connectivity index (χ3n) is 4.40. The maximum atomic E-state index is 11.9. The number of ether oxygens (including phenoxy) is 1. The predicted molar refractivity (Wildman–Crippen MR) is 76.2 cm³/mol. The predicted octanol–water partition coefficient (Wildman–Crippen LogP) is 2.78. The number of hydrogen-bond acceptors (Lipinski definition) is 2. The third-order valence-corrected chi connectivity index (χ3v) is 4.40. The molecule has 2 fully saturated rings. The van der Waals surface area contributed by atoms with Crippen LogP contribution < -0.4 is 5.32 Å². The van der Waals surface area contributed by atoms with Gasteiger partial charge in [0.1, 0.15) is 0 Å². The van der Waals surface area contributed by atoms with Gasteiger partial charge < -0.3 is 15.0 Å². The zero-order chi connectivity index (χ0) is 13.5. The summed E-state index contributed by atoms with van der Waals surface area (Å²) >= 11 is 0. The van der Waals surface area contributed by atoms with E-state index in [1.54, 1.807) is 0 Å². The first-order valence-electron chi connectivity index (χ1n) is 7.95. The normalized spacial score (nSPS) is 21.8. The summed E-state index contributed by atoms with van der Waals surface area (Å²) in [7, 11) is 0. The van der Waals surface area contributed by atoms with Crippen LogP contribution >= 0.6 is 0 Å². The first-order valence-corrected chi connectivity index (χ1v) is 7.95. The molecule has 110 valence electrons. The van der Waals surface area contributed by atoms with Crippen LogP contribution in [0, 0.1) is 5.92 Å². The highest BCUT2D eigenvalue weighted by Gasteiger charge is 2.25. The molecule has 0 bridgehead atoms. The summed E-state index contributed by atoms with van der Waals surface area (Å²) < 4.78 is 5.87. The number of hydrogen-bond donors (Lipinski definition) is 1. The molecule has 1 saturated carbocycles. The van der Waals surface area contributed by atoms with Crippen LogP contribution in [0.4, 0.5) is 4.79 Å². The number of nitrogens with one attached hydrogen (secondary N) is 1. The molecule has 4 nitrogen and oxygen atoms in total. The van der Waals surface area contributed by atoms with Gasteiger partial charge in [0.2, 0.25) is 0 Å². The number of carbonyl (C=O) groups excluding carboxylic acids is 1. The summed E-state index contributed by atoms with van der Waals surface area (Å²) in [6.45, 7) is 5.43. The Bertz CT molecular complexity index is 271. The topological polar surface area (TPSA) is 41.6 Å². The monoisotopic (exact) mass is 268 g/mol. The van der Waals surface area contributed by atoms with Gasteiger partial charge in [0.05, 0.1) is 6.10 Å². The van der Waals surface area contributed by atoms with Gasteiger partial charge in [0.25, 0.3) is 0 Å². The van der Waals surface area contributed by atoms with Gasteiger partial charge in [-0.05, 0) is 44.9 Å². The van der Waals surface area contributed by atoms with Gasteiger partial charge in [-0.1, -0.05) is 12.8 Å². The highest BCUT2D eigenvalue weighted by atomic mass is 16.5. The van der Waals surface area contributed by atoms with Crippen molar-refractivity contribution in [3.05, 3.63) is 0 Å². The smallest absolute Gasteiger partial charge is 0.317 e. The molecule has 1 heterocycles. The second kappa shape index (κ2) is 7.73. The van der Waals surface area contributed by atoms with Crippen LogP contribution in [0.2, 0.25) is 0 Å². The zero-order valence-electron chi connectivity index (χ0n) is 12.2. The maximum absolute atomic E-state index is 11.9. The van der Waals surface area contributed by atoms with Crippen molar-refractivity contribution in [2.24, 2.45) is 5.92 Å². The van der Waals surface area contributed by atoms with Gasteiger partial charge >= 0.3 is 6.03 Å². The van der Waals surface area contributed by atoms with Gasteiger partial charge in [-0.3, -0.25) is 0 Å². The molecular formula is C15H28N2O2. The largest absolute Gasteiger partial charge is 0.378 e. The van der Waals surface area contributed by atoms with E-state index >= 15 is 0 Å². The van der Waals surface area contributed by atoms with E-state index in [0.29, 0.717) is 12.0 Å². The van der Waals surface area contributed by atoms with Crippen LogP contribution in [0.25, 0.3) is 0 Å². The average Bonchev–Trinajstić information content (AvgIpc) is 3.10. The van der Waals surface area contributed by atoms with Gasteiger partial charge in [-0.2, -0.15) is 0 Å². The van der Waals surface area contributed by atoms with Crippen LogP contribution in [-0.4, -0.2) is 43.3 Å². The van der Waals surface area contributed by atoms with Gasteiger partial charge in [0, 0.05) is 26.2 Å². The number of nitrogens with zero attached hydrogens (tertiary/aromatic N) is 1. The minimum Gasteiger partial charge on any atom is -0.378 e. The molecule has 1 N–H and O–H groups in total. The number of urea groups is 1. The third kappa shape index (κ3) is 4.37. The van der Waals surface area contributed by atoms with Crippen LogP contribution in [0.1, 0.15) is 51.9 Å². The SMILES string of the molecule is CCO[C@@H](CCNC(=O)N1CCCC1)C1CCCC1. The van der Waals surface area contributed by atoms with E-state index < -0.39 is 0 Å². The Balaban J connectivity index is 1.67. The Morgan fingerprint density at radius 2 is 1.95 bits per heavy atom. The molecule has 19 heavy (non-hydrogen) atoms. The van der Waals surface area contributed by atoms with Crippen molar-refractivity contribution in [3.63, 3.8) is 0 Å². The molecule has 0 aromatic carbocycles. The van der Waals surface area contributed by atoms with E-state index in [4.69, 9.17) is 4.74 Å². The second-order valence-electron chi connectivity index (χ2n) is 5.75. The highest BCUT2D eigenvalue weighted by molar-refractivity contribution is 5.74. The molecule has 0 unspecified atom stereocenters. The Labute approximate surface area is 116 Å². The number of amides is 2. The fraction of sp³-hybridized carbons (Fsp3) is 0.933. The van der Waals surface area contributed by atoms with Crippen molar-refractivity contribution in [1.29, 1.82) is 0 Å². The molecular weight excluding hydrogens is 240 g/mol. The fourth-order valence-corrected chi connectivity index (χ4v) is 3.35. The lowest BCUT2D eigenvalue weighted by atomic mass is 9.98. The lowest BCUT2D eigenvalue weighted by Gasteiger charge is -2.24. The maximum Gasteiger partial charge on any atom is 0.317 e. The Hall–Kier alpha value is -0.770. The van der Waals surface area contributed by atoms with Crippen LogP contribution in [0.3, 0.4) is 0 Å². The van der Waals surface area contributed by atoms with Gasteiger partial charge in [0.15, 0.2) is 0 Å². The fourth-order valence-electron chi connectivity index (χ4n) is 3.35. The first-order chi connectivity index (χ1) is 9.31. The standard InChI is InChI=1S/C15H28N2O2/c1-2-19-14(13-7-3-4-8-13)9-10-16-15(18)17-11-5-6-12-17/h13-14H,2-12H2,1H3,(H,16,18)/t14-/m0/s1. The van der Waals surface area contributed by atoms with Crippen molar-refractivity contribution in [2.75, 3.05) is 26.2 Å². The molecule has 1 aliphatic carbocycles. The summed E-state index contributed by atoms with van der Waals surface area (Å²) in [6.07, 6.45) is 8.87. The van der Waals surface area contributed by atoms with Crippen LogP contribution in [-0.2, 0) is 4.74 Å². The summed E-state index contributed by atoms with van der Waals surface area (Å²) in [5, 5.41) is 3.04. The number of rotatable bonds is 6. The van der Waals surface area contributed by atoms with E-state index in [1.807, 2.05) is 4.90 Å². The molecule has 2 aliphatic rings. The molecule has 0 radical (unpaired) electrons. The Kier molecular flexibility index (Phi) is 5.95. The summed E-state index contributed by atoms with van der Waals surface area (Å²) in [6, 6.07) is 0.110. The summed E-state index contributed by atoms with van der Waals surface area (Å²) in [5.74, 6) is 0.712. The molecule has 4 heteroatoms. The van der Waals surface area contributed by atoms with Crippen molar-refractivity contribution < 1.29 is 9.53 Å². The van der Waals surface area contributed by atoms with Gasteiger partial charge in [-0.15, -0.1) is 0 Å². The minimum atomic E-state index is 0.110. The molecule has 0 spiro atoms. The molecule has 1 saturated heterocycles. The highest BCUT2D eigenvalue weighted by Crippen LogP contribution is 2.30. The van der Waals surface area contributed by atoms with Crippen molar-refractivity contribution >= 4 is 6.03 Å². The van der Waals surface area contributed by atoms with Gasteiger partial charge in [-0.25, -0.2) is 4.79 Å². The minimum absolute atomic E-state index is 0.110. The van der Waals surface area contributed by atoms with E-state index in [9.17, 15) is 4.79 Å². The quantitative estimate of drug-likeness (QED) is 0.805. The van der Waals surface area contributed by atoms with E-state index in [-0.39, 0.29) is 6.03 Å². The second-order valence-corrected chi connectivity index (χ2v) is 5.75. The Morgan fingerprint density at radius 1 is 1.26 bits per heavy atom. The first kappa shape index (κ1) is 14.6.